The number of nitrogens with one attached hydrogen (secondary N) is 2. The van der Waals surface area contributed by atoms with E-state index in [4.69, 9.17) is 0 Å². The number of nitrogens with zero attached hydrogens (tertiary/aromatic N) is 4. The molecule has 10 nitrogen and oxygen atoms in total. The lowest BCUT2D eigenvalue weighted by atomic mass is 10.1. The van der Waals surface area contributed by atoms with E-state index in [1.807, 2.05) is 13.0 Å². The van der Waals surface area contributed by atoms with Crippen molar-refractivity contribution in [2.24, 2.45) is 5.92 Å². The molecule has 4 aromatic rings. The molecule has 40 heavy (non-hydrogen) atoms. The Morgan fingerprint density at radius 2 is 1.85 bits per heavy atom. The van der Waals surface area contributed by atoms with Gasteiger partial charge in [0.1, 0.15) is 28.2 Å². The Kier molecular flexibility index (Phi) is 7.77. The smallest absolute Gasteiger partial charge is 0.406 e. The molecular formula is C26H27F3N6O4S. The van der Waals surface area contributed by atoms with Gasteiger partial charge in [-0.3, -0.25) is 4.98 Å². The van der Waals surface area contributed by atoms with Crippen molar-refractivity contribution in [1.29, 1.82) is 0 Å². The monoisotopic (exact) mass is 576 g/mol. The zero-order valence-corrected chi connectivity index (χ0v) is 22.2. The number of halogens is 3. The molecule has 1 saturated carbocycles. The summed E-state index contributed by atoms with van der Waals surface area (Å²) >= 11 is 1.43. The summed E-state index contributed by atoms with van der Waals surface area (Å²) in [6.07, 6.45) is -3.35. The number of aromatic nitrogens is 4. The Labute approximate surface area is 230 Å². The van der Waals surface area contributed by atoms with Crippen LogP contribution in [0.4, 0.5) is 24.9 Å². The fourth-order valence-corrected chi connectivity index (χ4v) is 5.77. The highest BCUT2D eigenvalue weighted by Crippen LogP contribution is 2.38. The topological polar surface area (TPSA) is 146 Å². The summed E-state index contributed by atoms with van der Waals surface area (Å²) in [5.41, 5.74) is 2.58. The van der Waals surface area contributed by atoms with Crippen LogP contribution < -0.4 is 15.4 Å². The average Bonchev–Trinajstić information content (AvgIpc) is 3.44. The normalized spacial score (nSPS) is 21.9. The van der Waals surface area contributed by atoms with Crippen LogP contribution in [-0.4, -0.2) is 66.5 Å². The molecule has 212 valence electrons. The standard InChI is InChI=1S/C26H27F3N6O4S/c1-12(14-3-5-16(6-4-14)39-26(27,28)29)31-25-32-13(2)20(24-34-18-10-30-8-7-19(18)40-24)23(35-25)33-17-9-15(11-36)21(37)22(17)38/h3-8,10,12,15,17,21-22,36-38H,9,11H2,1-2H3,(H2,31,32,33,35)/t12-,15-,17-,21-,22+/m1/s1. The van der Waals surface area contributed by atoms with Gasteiger partial charge >= 0.3 is 6.36 Å². The van der Waals surface area contributed by atoms with Crippen LogP contribution in [0.3, 0.4) is 0 Å². The summed E-state index contributed by atoms with van der Waals surface area (Å²) in [6.45, 7) is 3.33. The fourth-order valence-electron chi connectivity index (χ4n) is 4.74. The number of thiazole rings is 1. The molecule has 0 bridgehead atoms. The van der Waals surface area contributed by atoms with Gasteiger partial charge in [-0.2, -0.15) is 4.98 Å². The van der Waals surface area contributed by atoms with Crippen molar-refractivity contribution in [2.45, 2.75) is 50.9 Å². The van der Waals surface area contributed by atoms with Crippen molar-refractivity contribution in [3.05, 3.63) is 54.0 Å². The molecular weight excluding hydrogens is 549 g/mol. The Balaban J connectivity index is 1.46. The Hall–Kier alpha value is -3.59. The van der Waals surface area contributed by atoms with Crippen molar-refractivity contribution in [3.63, 3.8) is 0 Å². The number of hydrogen-bond acceptors (Lipinski definition) is 11. The number of rotatable bonds is 8. The second-order valence-corrected chi connectivity index (χ2v) is 10.6. The molecule has 1 aliphatic carbocycles. The lowest BCUT2D eigenvalue weighted by Crippen LogP contribution is -2.35. The van der Waals surface area contributed by atoms with Crippen LogP contribution in [0.1, 0.15) is 30.6 Å². The summed E-state index contributed by atoms with van der Waals surface area (Å²) in [7, 11) is 0. The first-order chi connectivity index (χ1) is 19.0. The maximum atomic E-state index is 12.5. The maximum Gasteiger partial charge on any atom is 0.573 e. The quantitative estimate of drug-likeness (QED) is 0.208. The average molecular weight is 577 g/mol. The van der Waals surface area contributed by atoms with Gasteiger partial charge in [-0.05, 0) is 44.0 Å². The third kappa shape index (κ3) is 5.94. The highest BCUT2D eigenvalue weighted by atomic mass is 32.1. The minimum atomic E-state index is -4.78. The highest BCUT2D eigenvalue weighted by molar-refractivity contribution is 7.21. The predicted molar refractivity (Wildman–Crippen MR) is 143 cm³/mol. The van der Waals surface area contributed by atoms with Gasteiger partial charge in [0.05, 0.1) is 40.3 Å². The van der Waals surface area contributed by atoms with E-state index in [1.54, 1.807) is 19.3 Å². The van der Waals surface area contributed by atoms with Gasteiger partial charge in [0, 0.05) is 18.7 Å². The molecule has 14 heteroatoms. The first-order valence-corrected chi connectivity index (χ1v) is 13.3. The number of fused-ring (bicyclic) bond motifs is 1. The molecule has 0 aliphatic heterocycles. The molecule has 0 amide bonds. The van der Waals surface area contributed by atoms with Crippen molar-refractivity contribution < 1.29 is 33.2 Å². The van der Waals surface area contributed by atoms with E-state index in [-0.39, 0.29) is 24.3 Å². The van der Waals surface area contributed by atoms with Crippen molar-refractivity contribution in [1.82, 2.24) is 19.9 Å². The Morgan fingerprint density at radius 1 is 1.10 bits per heavy atom. The Morgan fingerprint density at radius 3 is 2.50 bits per heavy atom. The molecule has 1 aromatic carbocycles. The van der Waals surface area contributed by atoms with E-state index in [0.717, 1.165) is 4.70 Å². The molecule has 0 radical (unpaired) electrons. The van der Waals surface area contributed by atoms with E-state index in [0.29, 0.717) is 39.6 Å². The fraction of sp³-hybridized carbons (Fsp3) is 0.385. The van der Waals surface area contributed by atoms with Crippen LogP contribution in [-0.2, 0) is 0 Å². The lowest BCUT2D eigenvalue weighted by Gasteiger charge is -2.22. The molecule has 1 fully saturated rings. The molecule has 5 N–H and O–H groups in total. The molecule has 0 saturated heterocycles. The summed E-state index contributed by atoms with van der Waals surface area (Å²) in [5.74, 6) is -0.204. The van der Waals surface area contributed by atoms with Gasteiger partial charge in [0.15, 0.2) is 0 Å². The minimum Gasteiger partial charge on any atom is -0.406 e. The Bertz CT molecular complexity index is 1450. The van der Waals surface area contributed by atoms with E-state index in [2.05, 4.69) is 35.3 Å². The summed E-state index contributed by atoms with van der Waals surface area (Å²) in [4.78, 5) is 18.1. The zero-order valence-electron chi connectivity index (χ0n) is 21.4. The van der Waals surface area contributed by atoms with Crippen LogP contribution in [0.15, 0.2) is 42.7 Å². The number of aliphatic hydroxyl groups is 3. The second kappa shape index (κ2) is 11.1. The van der Waals surface area contributed by atoms with Gasteiger partial charge < -0.3 is 30.7 Å². The number of aryl methyl sites for hydroxylation is 1. The zero-order chi connectivity index (χ0) is 28.6. The minimum absolute atomic E-state index is 0.237. The molecule has 0 spiro atoms. The number of alkyl halides is 3. The molecule has 0 unspecified atom stereocenters. The summed E-state index contributed by atoms with van der Waals surface area (Å²) in [6, 6.07) is 6.36. The lowest BCUT2D eigenvalue weighted by molar-refractivity contribution is -0.274. The number of aliphatic hydroxyl groups excluding tert-OH is 3. The van der Waals surface area contributed by atoms with E-state index < -0.39 is 30.5 Å². The maximum absolute atomic E-state index is 12.5. The molecule has 5 atom stereocenters. The molecule has 3 heterocycles. The molecule has 3 aromatic heterocycles. The predicted octanol–water partition coefficient (Wildman–Crippen LogP) is 4.04. The van der Waals surface area contributed by atoms with E-state index in [1.165, 1.54) is 35.6 Å². The number of ether oxygens (including phenoxy) is 1. The number of anilines is 2. The van der Waals surface area contributed by atoms with Crippen LogP contribution in [0, 0.1) is 12.8 Å². The number of benzene rings is 1. The largest absolute Gasteiger partial charge is 0.573 e. The number of pyridine rings is 1. The van der Waals surface area contributed by atoms with E-state index in [9.17, 15) is 28.5 Å². The molecule has 1 aliphatic rings. The summed E-state index contributed by atoms with van der Waals surface area (Å²) < 4.78 is 42.4. The summed E-state index contributed by atoms with van der Waals surface area (Å²) in [5, 5.41) is 37.6. The third-order valence-corrected chi connectivity index (χ3v) is 7.87. The van der Waals surface area contributed by atoms with E-state index >= 15 is 0 Å². The van der Waals surface area contributed by atoms with Crippen LogP contribution in [0.2, 0.25) is 0 Å². The van der Waals surface area contributed by atoms with Crippen LogP contribution >= 0.6 is 11.3 Å². The highest BCUT2D eigenvalue weighted by Gasteiger charge is 2.41. The first kappa shape index (κ1) is 28.0. The SMILES string of the molecule is Cc1nc(N[C@H](C)c2ccc(OC(F)(F)F)cc2)nc(N[C@@H]2C[C@H](CO)[C@@H](O)[C@H]2O)c1-c1nc2cnccc2s1. The van der Waals surface area contributed by atoms with Crippen molar-refractivity contribution in [3.8, 4) is 16.3 Å². The van der Waals surface area contributed by atoms with Crippen LogP contribution in [0.25, 0.3) is 20.8 Å². The van der Waals surface area contributed by atoms with Gasteiger partial charge in [-0.1, -0.05) is 12.1 Å². The second-order valence-electron chi connectivity index (χ2n) is 9.61. The van der Waals surface area contributed by atoms with Gasteiger partial charge in [-0.15, -0.1) is 24.5 Å². The molecule has 5 rings (SSSR count). The first-order valence-electron chi connectivity index (χ1n) is 12.5. The third-order valence-electron chi connectivity index (χ3n) is 6.81. The van der Waals surface area contributed by atoms with Crippen LogP contribution in [0.5, 0.6) is 5.75 Å². The van der Waals surface area contributed by atoms with Gasteiger partial charge in [-0.25, -0.2) is 9.97 Å². The van der Waals surface area contributed by atoms with Gasteiger partial charge in [0.2, 0.25) is 5.95 Å². The van der Waals surface area contributed by atoms with Gasteiger partial charge in [0.25, 0.3) is 0 Å². The van der Waals surface area contributed by atoms with Crippen molar-refractivity contribution in [2.75, 3.05) is 17.2 Å². The van der Waals surface area contributed by atoms with Crippen molar-refractivity contribution >= 4 is 33.3 Å². The number of hydrogen-bond donors (Lipinski definition) is 5.